The molecule has 0 radical (unpaired) electrons. The number of aromatic nitrogens is 2. The quantitative estimate of drug-likeness (QED) is 0.0496. The molecule has 4 N–H and O–H groups in total. The molecule has 17 nitrogen and oxygen atoms in total. The fraction of sp³-hybridized carbons (Fsp3) is 0.429. The summed E-state index contributed by atoms with van der Waals surface area (Å²) in [5.74, 6) is -1.05. The van der Waals surface area contributed by atoms with Gasteiger partial charge in [-0.25, -0.2) is 26.9 Å². The van der Waals surface area contributed by atoms with Crippen molar-refractivity contribution in [3.63, 3.8) is 0 Å². The van der Waals surface area contributed by atoms with Crippen LogP contribution in [0, 0.1) is 33.1 Å². The first-order chi connectivity index (χ1) is 36.3. The van der Waals surface area contributed by atoms with Crippen LogP contribution in [-0.4, -0.2) is 109 Å². The number of pyridine rings is 1. The van der Waals surface area contributed by atoms with Crippen molar-refractivity contribution < 1.29 is 46.2 Å². The lowest BCUT2D eigenvalue weighted by Crippen LogP contribution is -2.68. The fourth-order valence-corrected chi connectivity index (χ4v) is 12.8. The summed E-state index contributed by atoms with van der Waals surface area (Å²) in [6.07, 6.45) is 7.17. The normalized spacial score (nSPS) is 21.0. The van der Waals surface area contributed by atoms with Crippen molar-refractivity contribution in [1.29, 1.82) is 0 Å². The van der Waals surface area contributed by atoms with Crippen molar-refractivity contribution in [3.05, 3.63) is 135 Å². The van der Waals surface area contributed by atoms with Gasteiger partial charge in [-0.2, -0.15) is 0 Å². The number of carbonyl (C=O) groups excluding carboxylic acids is 1. The number of benzene rings is 4. The van der Waals surface area contributed by atoms with Crippen molar-refractivity contribution in [3.8, 4) is 23.0 Å². The highest BCUT2D eigenvalue weighted by molar-refractivity contribution is 7.90. The zero-order valence-corrected chi connectivity index (χ0v) is 44.1. The van der Waals surface area contributed by atoms with Crippen LogP contribution in [0.2, 0.25) is 0 Å². The SMILES string of the molecule is COc1cc(CN2CCN(C3CC4(C3)CN(c3ccc(C(=O)NS(=O)(=O)c5ccc(NC[C@H]6CC[C@](C)(O)CC6)c([N+](=O)[O-])c5)c(Oc5cnc6[nH]cc(F)c6c5)c3)C4)[C@H](c3ccccc3C(C)C)C2)cc(F)c1OC. The van der Waals surface area contributed by atoms with Gasteiger partial charge in [0.15, 0.2) is 17.3 Å². The predicted molar refractivity (Wildman–Crippen MR) is 284 cm³/mol. The molecule has 0 unspecified atom stereocenters. The topological polar surface area (TPSA) is 205 Å². The number of aromatic amines is 1. The molecule has 20 heteroatoms. The summed E-state index contributed by atoms with van der Waals surface area (Å²) in [4.78, 5) is 39.4. The number of H-pyrrole nitrogens is 1. The fourth-order valence-electron chi connectivity index (χ4n) is 11.8. The third kappa shape index (κ3) is 10.8. The number of nitrogens with one attached hydrogen (secondary N) is 3. The number of nitro groups is 1. The Hall–Kier alpha value is -6.87. The number of hydrogen-bond acceptors (Lipinski definition) is 14. The van der Waals surface area contributed by atoms with Gasteiger partial charge in [-0.1, -0.05) is 38.1 Å². The highest BCUT2D eigenvalue weighted by Gasteiger charge is 2.55. The monoisotopic (exact) mass is 1060 g/mol. The number of aliphatic hydroxyl groups is 1. The van der Waals surface area contributed by atoms with Gasteiger partial charge in [0.25, 0.3) is 21.6 Å². The van der Waals surface area contributed by atoms with Gasteiger partial charge in [-0.3, -0.25) is 24.7 Å². The van der Waals surface area contributed by atoms with Crippen molar-refractivity contribution in [2.45, 2.75) is 94.3 Å². The highest BCUT2D eigenvalue weighted by Crippen LogP contribution is 2.54. The summed E-state index contributed by atoms with van der Waals surface area (Å²) in [6, 6.07) is 22.2. The van der Waals surface area contributed by atoms with Crippen LogP contribution in [-0.2, 0) is 16.6 Å². The van der Waals surface area contributed by atoms with E-state index in [4.69, 9.17) is 14.2 Å². The molecule has 1 atom stereocenters. The molecule has 0 bridgehead atoms. The van der Waals surface area contributed by atoms with Gasteiger partial charge in [0, 0.05) is 87.3 Å². The molecule has 76 heavy (non-hydrogen) atoms. The van der Waals surface area contributed by atoms with Gasteiger partial charge >= 0.3 is 0 Å². The second-order valence-corrected chi connectivity index (χ2v) is 23.4. The molecule has 4 aliphatic rings. The molecule has 2 aliphatic carbocycles. The standard InChI is InChI=1S/C56H64F2N8O9S/c1-34(2)41-8-6-7-9-42(41)49-31-63(30-36-20-45(57)52(74-5)51(21-36)73-4)18-19-65(49)38-25-56(26-38)32-64(33-56)37-10-12-43(50(22-37)75-39-23-44-46(58)29-61-53(44)60-28-39)54(67)62-76(71,72)40-11-13-47(48(24-40)66(69)70)59-27-35-14-16-55(3,68)17-15-35/h6-13,20-24,28-29,34-35,38,49,59,68H,14-19,25-27,30-33H2,1-5H3,(H,60,61)(H,62,67)/t35-,49-,55-/m0/s1. The van der Waals surface area contributed by atoms with Crippen LogP contribution in [0.5, 0.6) is 23.0 Å². The maximum Gasteiger partial charge on any atom is 0.293 e. The number of halogens is 2. The van der Waals surface area contributed by atoms with E-state index in [1.807, 2.05) is 6.07 Å². The van der Waals surface area contributed by atoms with E-state index in [1.54, 1.807) is 19.1 Å². The van der Waals surface area contributed by atoms with Crippen molar-refractivity contribution in [2.75, 3.05) is 63.7 Å². The van der Waals surface area contributed by atoms with E-state index in [-0.39, 0.29) is 56.9 Å². The van der Waals surface area contributed by atoms with Gasteiger partial charge in [-0.15, -0.1) is 0 Å². The van der Waals surface area contributed by atoms with Gasteiger partial charge in [0.1, 0.15) is 28.7 Å². The number of rotatable bonds is 17. The van der Waals surface area contributed by atoms with Gasteiger partial charge < -0.3 is 34.5 Å². The van der Waals surface area contributed by atoms with Crippen molar-refractivity contribution in [2.24, 2.45) is 11.3 Å². The Labute approximate surface area is 440 Å². The van der Waals surface area contributed by atoms with Crippen LogP contribution < -0.4 is 29.1 Å². The first kappa shape index (κ1) is 52.6. The minimum atomic E-state index is -4.66. The van der Waals surface area contributed by atoms with Gasteiger partial charge in [0.2, 0.25) is 0 Å². The number of piperazine rings is 1. The first-order valence-corrected chi connectivity index (χ1v) is 27.3. The van der Waals surface area contributed by atoms with E-state index < -0.39 is 48.7 Å². The number of nitrogens with zero attached hydrogens (tertiary/aromatic N) is 5. The van der Waals surface area contributed by atoms with E-state index in [9.17, 15) is 32.8 Å². The Morgan fingerprint density at radius 2 is 1.74 bits per heavy atom. The number of carbonyl (C=O) groups is 1. The second kappa shape index (κ2) is 20.9. The maximum atomic E-state index is 15.1. The molecule has 2 saturated heterocycles. The predicted octanol–water partition coefficient (Wildman–Crippen LogP) is 9.68. The van der Waals surface area contributed by atoms with Gasteiger partial charge in [0.05, 0.1) is 46.8 Å². The van der Waals surface area contributed by atoms with Crippen LogP contribution in [0.4, 0.5) is 25.8 Å². The van der Waals surface area contributed by atoms with E-state index >= 15 is 4.39 Å². The Bertz CT molecular complexity index is 3280. The molecule has 4 heterocycles. The van der Waals surface area contributed by atoms with E-state index in [1.165, 1.54) is 68.1 Å². The smallest absolute Gasteiger partial charge is 0.293 e. The molecule has 402 valence electrons. The lowest BCUT2D eigenvalue weighted by atomic mass is 9.59. The number of fused-ring (bicyclic) bond motifs is 1. The number of ether oxygens (including phenoxy) is 3. The molecule has 6 aromatic rings. The zero-order chi connectivity index (χ0) is 53.7. The minimum absolute atomic E-state index is 0.00941. The number of hydrogen-bond donors (Lipinski definition) is 4. The van der Waals surface area contributed by atoms with Crippen LogP contribution >= 0.6 is 0 Å². The Morgan fingerprint density at radius 3 is 2.46 bits per heavy atom. The van der Waals surface area contributed by atoms with Crippen LogP contribution in [0.25, 0.3) is 11.0 Å². The van der Waals surface area contributed by atoms with Crippen LogP contribution in [0.1, 0.15) is 98.3 Å². The highest BCUT2D eigenvalue weighted by atomic mass is 32.2. The molecule has 1 spiro atoms. The van der Waals surface area contributed by atoms with Crippen LogP contribution in [0.15, 0.2) is 96.2 Å². The van der Waals surface area contributed by atoms with Gasteiger partial charge in [-0.05, 0) is 116 Å². The maximum absolute atomic E-state index is 15.1. The average Bonchev–Trinajstić information content (AvgIpc) is 3.74. The second-order valence-electron chi connectivity index (χ2n) is 21.7. The molecular weight excluding hydrogens is 999 g/mol. The Kier molecular flexibility index (Phi) is 14.5. The molecule has 2 saturated carbocycles. The molecule has 2 aromatic heterocycles. The Balaban J connectivity index is 0.850. The number of amides is 1. The molecule has 4 aromatic carbocycles. The summed E-state index contributed by atoms with van der Waals surface area (Å²) in [5.41, 5.74) is 3.23. The summed E-state index contributed by atoms with van der Waals surface area (Å²) in [5, 5.41) is 25.8. The third-order valence-corrected chi connectivity index (χ3v) is 17.3. The van der Waals surface area contributed by atoms with E-state index in [2.05, 4.69) is 72.8 Å². The van der Waals surface area contributed by atoms with Crippen molar-refractivity contribution >= 4 is 44.0 Å². The van der Waals surface area contributed by atoms with E-state index in [0.29, 0.717) is 43.6 Å². The summed E-state index contributed by atoms with van der Waals surface area (Å²) in [7, 11) is -1.73. The summed E-state index contributed by atoms with van der Waals surface area (Å²) < 4.78 is 76.6. The lowest BCUT2D eigenvalue weighted by molar-refractivity contribution is -0.384. The number of methoxy groups -OCH3 is 2. The molecule has 1 amide bonds. The number of anilines is 2. The average molecular weight is 1060 g/mol. The molecular formula is C56H64F2N8O9S. The van der Waals surface area contributed by atoms with Crippen LogP contribution in [0.3, 0.4) is 0 Å². The molecule has 2 aliphatic heterocycles. The first-order valence-electron chi connectivity index (χ1n) is 25.8. The van der Waals surface area contributed by atoms with E-state index in [0.717, 1.165) is 75.7 Å². The summed E-state index contributed by atoms with van der Waals surface area (Å²) in [6.45, 7) is 11.0. The summed E-state index contributed by atoms with van der Waals surface area (Å²) >= 11 is 0. The van der Waals surface area contributed by atoms with Crippen molar-refractivity contribution in [1.82, 2.24) is 24.5 Å². The third-order valence-electron chi connectivity index (χ3n) is 16.0. The zero-order valence-electron chi connectivity index (χ0n) is 43.3. The Morgan fingerprint density at radius 1 is 0.974 bits per heavy atom. The lowest BCUT2D eigenvalue weighted by Gasteiger charge is -2.63. The minimum Gasteiger partial charge on any atom is -0.493 e. The molecule has 4 fully saturated rings. The largest absolute Gasteiger partial charge is 0.493 e. The molecule has 10 rings (SSSR count). The number of nitro benzene ring substituents is 1. The number of sulfonamides is 1.